The summed E-state index contributed by atoms with van der Waals surface area (Å²) in [5, 5.41) is 0. The quantitative estimate of drug-likeness (QED) is 0.384. The highest BCUT2D eigenvalue weighted by Crippen LogP contribution is 2.16. The maximum atomic E-state index is 11.6. The molecule has 16 heavy (non-hydrogen) atoms. The molecule has 0 saturated heterocycles. The van der Waals surface area contributed by atoms with Crippen molar-refractivity contribution < 1.29 is 4.79 Å². The number of unbranched alkanes of at least 4 members (excludes halogenated alkanes) is 5. The van der Waals surface area contributed by atoms with Crippen molar-refractivity contribution in [2.24, 2.45) is 0 Å². The number of hydrogen-bond donors (Lipinski definition) is 0. The van der Waals surface area contributed by atoms with Gasteiger partial charge < -0.3 is 0 Å². The molecule has 2 heteroatoms. The molecule has 0 unspecified atom stereocenters. The predicted molar refractivity (Wildman–Crippen MR) is 80.0 cm³/mol. The Labute approximate surface area is 114 Å². The van der Waals surface area contributed by atoms with Crippen LogP contribution >= 0.6 is 22.6 Å². The standard InChI is InChI=1S/C14H25IO/c1-3-5-7-9-10-13(15)12-14(16)11-8-6-4-2/h10H,3-9,11-12H2,1-2H3/b13-10-. The van der Waals surface area contributed by atoms with Gasteiger partial charge in [0.1, 0.15) is 5.78 Å². The van der Waals surface area contributed by atoms with E-state index >= 15 is 0 Å². The molecular formula is C14H25IO. The van der Waals surface area contributed by atoms with Gasteiger partial charge in [0.05, 0.1) is 0 Å². The van der Waals surface area contributed by atoms with Gasteiger partial charge in [0.15, 0.2) is 0 Å². The van der Waals surface area contributed by atoms with Crippen LogP contribution in [-0.2, 0) is 4.79 Å². The van der Waals surface area contributed by atoms with E-state index in [0.29, 0.717) is 12.2 Å². The van der Waals surface area contributed by atoms with Crippen molar-refractivity contribution in [1.82, 2.24) is 0 Å². The van der Waals surface area contributed by atoms with Crippen molar-refractivity contribution >= 4 is 28.4 Å². The maximum Gasteiger partial charge on any atom is 0.137 e. The second kappa shape index (κ2) is 11.6. The van der Waals surface area contributed by atoms with E-state index in [9.17, 15) is 4.79 Å². The summed E-state index contributed by atoms with van der Waals surface area (Å²) >= 11 is 2.31. The topological polar surface area (TPSA) is 17.1 Å². The Kier molecular flexibility index (Phi) is 11.7. The van der Waals surface area contributed by atoms with Gasteiger partial charge in [-0.15, -0.1) is 0 Å². The third-order valence-corrected chi connectivity index (χ3v) is 3.42. The van der Waals surface area contributed by atoms with Crippen LogP contribution in [-0.4, -0.2) is 5.78 Å². The second-order valence-electron chi connectivity index (χ2n) is 4.32. The third-order valence-electron chi connectivity index (χ3n) is 2.60. The van der Waals surface area contributed by atoms with Crippen LogP contribution in [0.4, 0.5) is 0 Å². The van der Waals surface area contributed by atoms with Gasteiger partial charge in [-0.1, -0.05) is 45.6 Å². The highest BCUT2D eigenvalue weighted by Gasteiger charge is 2.03. The Bertz CT molecular complexity index is 209. The van der Waals surface area contributed by atoms with E-state index in [1.807, 2.05) is 0 Å². The minimum Gasteiger partial charge on any atom is -0.299 e. The van der Waals surface area contributed by atoms with Crippen LogP contribution in [0.1, 0.15) is 71.6 Å². The minimum absolute atomic E-state index is 0.407. The summed E-state index contributed by atoms with van der Waals surface area (Å²) < 4.78 is 1.23. The zero-order valence-electron chi connectivity index (χ0n) is 10.7. The molecule has 0 aromatic rings. The summed E-state index contributed by atoms with van der Waals surface area (Å²) in [5.74, 6) is 0.407. The third kappa shape index (κ3) is 10.7. The van der Waals surface area contributed by atoms with Crippen molar-refractivity contribution in [2.75, 3.05) is 0 Å². The fourth-order valence-electron chi connectivity index (χ4n) is 1.57. The molecule has 0 aromatic carbocycles. The maximum absolute atomic E-state index is 11.6. The molecule has 0 aromatic heterocycles. The lowest BCUT2D eigenvalue weighted by atomic mass is 10.1. The Hall–Kier alpha value is 0.140. The summed E-state index contributed by atoms with van der Waals surface area (Å²) in [4.78, 5) is 11.6. The van der Waals surface area contributed by atoms with Crippen LogP contribution in [0, 0.1) is 0 Å². The van der Waals surface area contributed by atoms with Crippen molar-refractivity contribution in [2.45, 2.75) is 71.6 Å². The predicted octanol–water partition coefficient (Wildman–Crippen LogP) is 5.43. The molecule has 0 radical (unpaired) electrons. The van der Waals surface area contributed by atoms with E-state index in [1.165, 1.54) is 35.7 Å². The molecule has 0 aliphatic carbocycles. The van der Waals surface area contributed by atoms with Gasteiger partial charge in [0, 0.05) is 12.8 Å². The molecule has 0 aliphatic heterocycles. The molecule has 0 N–H and O–H groups in total. The number of carbonyl (C=O) groups excluding carboxylic acids is 1. The average Bonchev–Trinajstić information content (AvgIpc) is 2.25. The summed E-state index contributed by atoms with van der Waals surface area (Å²) in [7, 11) is 0. The molecule has 0 heterocycles. The van der Waals surface area contributed by atoms with Gasteiger partial charge in [-0.05, 0) is 45.4 Å². The normalized spacial score (nSPS) is 11.8. The molecule has 0 bridgehead atoms. The first-order valence-corrected chi connectivity index (χ1v) is 7.64. The lowest BCUT2D eigenvalue weighted by molar-refractivity contribution is -0.118. The lowest BCUT2D eigenvalue weighted by Crippen LogP contribution is -1.97. The molecule has 94 valence electrons. The molecule has 0 amide bonds. The van der Waals surface area contributed by atoms with Crippen molar-refractivity contribution in [3.63, 3.8) is 0 Å². The van der Waals surface area contributed by atoms with Crippen LogP contribution in [0.15, 0.2) is 9.66 Å². The van der Waals surface area contributed by atoms with Crippen LogP contribution in [0.5, 0.6) is 0 Å². The average molecular weight is 336 g/mol. The van der Waals surface area contributed by atoms with E-state index in [0.717, 1.165) is 19.3 Å². The highest BCUT2D eigenvalue weighted by atomic mass is 127. The van der Waals surface area contributed by atoms with Crippen molar-refractivity contribution in [1.29, 1.82) is 0 Å². The molecular weight excluding hydrogens is 311 g/mol. The van der Waals surface area contributed by atoms with Crippen LogP contribution < -0.4 is 0 Å². The molecule has 1 nitrogen and oxygen atoms in total. The monoisotopic (exact) mass is 336 g/mol. The summed E-state index contributed by atoms with van der Waals surface area (Å²) in [6, 6.07) is 0. The molecule has 0 fully saturated rings. The van der Waals surface area contributed by atoms with E-state index in [2.05, 4.69) is 42.5 Å². The van der Waals surface area contributed by atoms with E-state index in [1.54, 1.807) is 0 Å². The van der Waals surface area contributed by atoms with Crippen LogP contribution in [0.2, 0.25) is 0 Å². The van der Waals surface area contributed by atoms with Crippen molar-refractivity contribution in [3.8, 4) is 0 Å². The lowest BCUT2D eigenvalue weighted by Gasteiger charge is -2.00. The fourth-order valence-corrected chi connectivity index (χ4v) is 2.31. The molecule has 0 saturated carbocycles. The number of ketones is 1. The van der Waals surface area contributed by atoms with Gasteiger partial charge in [-0.2, -0.15) is 0 Å². The van der Waals surface area contributed by atoms with Gasteiger partial charge in [0.25, 0.3) is 0 Å². The first kappa shape index (κ1) is 16.1. The van der Waals surface area contributed by atoms with E-state index in [4.69, 9.17) is 0 Å². The zero-order valence-corrected chi connectivity index (χ0v) is 12.9. The Morgan fingerprint density at radius 2 is 1.69 bits per heavy atom. The SMILES string of the molecule is CCCCC/C=C(\I)CC(=O)CCCCC. The number of halogens is 1. The van der Waals surface area contributed by atoms with Gasteiger partial charge in [0.2, 0.25) is 0 Å². The first-order chi connectivity index (χ1) is 7.70. The number of allylic oxidation sites excluding steroid dienone is 2. The van der Waals surface area contributed by atoms with E-state index < -0.39 is 0 Å². The molecule has 0 aliphatic rings. The molecule has 0 rings (SSSR count). The number of rotatable bonds is 10. The van der Waals surface area contributed by atoms with E-state index in [-0.39, 0.29) is 0 Å². The van der Waals surface area contributed by atoms with Gasteiger partial charge in [-0.25, -0.2) is 0 Å². The largest absolute Gasteiger partial charge is 0.299 e. The molecule has 0 atom stereocenters. The summed E-state index contributed by atoms with van der Waals surface area (Å²) in [6.07, 6.45) is 12.1. The Balaban J connectivity index is 3.59. The van der Waals surface area contributed by atoms with Gasteiger partial charge >= 0.3 is 0 Å². The number of Topliss-reactive ketones (excluding diaryl/α,β-unsaturated/α-hetero) is 1. The molecule has 0 spiro atoms. The van der Waals surface area contributed by atoms with Crippen molar-refractivity contribution in [3.05, 3.63) is 9.66 Å². The van der Waals surface area contributed by atoms with Crippen LogP contribution in [0.3, 0.4) is 0 Å². The number of carbonyl (C=O) groups is 1. The summed E-state index contributed by atoms with van der Waals surface area (Å²) in [5.41, 5.74) is 0. The number of hydrogen-bond acceptors (Lipinski definition) is 1. The highest BCUT2D eigenvalue weighted by molar-refractivity contribution is 14.1. The second-order valence-corrected chi connectivity index (χ2v) is 5.70. The van der Waals surface area contributed by atoms with Gasteiger partial charge in [-0.3, -0.25) is 4.79 Å². The Morgan fingerprint density at radius 3 is 2.31 bits per heavy atom. The fraction of sp³-hybridized carbons (Fsp3) is 0.786. The first-order valence-electron chi connectivity index (χ1n) is 6.56. The summed E-state index contributed by atoms with van der Waals surface area (Å²) in [6.45, 7) is 4.38. The Morgan fingerprint density at radius 1 is 1.06 bits per heavy atom. The minimum atomic E-state index is 0.407. The smallest absolute Gasteiger partial charge is 0.137 e. The van der Waals surface area contributed by atoms with Crippen LogP contribution in [0.25, 0.3) is 0 Å². The zero-order chi connectivity index (χ0) is 12.2.